The predicted octanol–water partition coefficient (Wildman–Crippen LogP) is 5.89. The third-order valence-corrected chi connectivity index (χ3v) is 4.28. The molecule has 19 heavy (non-hydrogen) atoms. The van der Waals surface area contributed by atoms with E-state index in [1.807, 2.05) is 30.3 Å². The molecule has 1 aromatic carbocycles. The first-order valence-electron chi connectivity index (χ1n) is 6.21. The number of benzene rings is 1. The van der Waals surface area contributed by atoms with E-state index in [2.05, 4.69) is 25.1 Å². The molecule has 0 aliphatic rings. The maximum absolute atomic E-state index is 6.04. The summed E-state index contributed by atoms with van der Waals surface area (Å²) in [6.45, 7) is 2.14. The van der Waals surface area contributed by atoms with E-state index in [-0.39, 0.29) is 0 Å². The molecule has 0 radical (unpaired) electrons. The zero-order valence-electron chi connectivity index (χ0n) is 10.5. The van der Waals surface area contributed by atoms with Gasteiger partial charge in [0.25, 0.3) is 0 Å². The van der Waals surface area contributed by atoms with Gasteiger partial charge in [0, 0.05) is 5.56 Å². The zero-order valence-corrected chi connectivity index (χ0v) is 12.1. The molecule has 0 N–H and O–H groups in total. The number of aryl methyl sites for hydroxylation is 1. The largest absolute Gasteiger partial charge is 0.455 e. The minimum Gasteiger partial charge on any atom is -0.455 e. The summed E-state index contributed by atoms with van der Waals surface area (Å²) in [6, 6.07) is 16.2. The van der Waals surface area contributed by atoms with Gasteiger partial charge in [0.15, 0.2) is 0 Å². The maximum Gasteiger partial charge on any atom is 0.147 e. The minimum absolute atomic E-state index is 0.787. The van der Waals surface area contributed by atoms with Crippen LogP contribution in [0.4, 0.5) is 0 Å². The van der Waals surface area contributed by atoms with Crippen molar-refractivity contribution in [2.45, 2.75) is 13.3 Å². The van der Waals surface area contributed by atoms with Gasteiger partial charge in [-0.25, -0.2) is 0 Å². The first-order valence-corrected chi connectivity index (χ1v) is 7.41. The number of hydrogen-bond donors (Lipinski definition) is 0. The molecule has 1 nitrogen and oxygen atoms in total. The highest BCUT2D eigenvalue weighted by Gasteiger charge is 2.14. The lowest BCUT2D eigenvalue weighted by Gasteiger charge is -1.96. The van der Waals surface area contributed by atoms with Gasteiger partial charge in [-0.1, -0.05) is 48.9 Å². The molecule has 0 aliphatic heterocycles. The van der Waals surface area contributed by atoms with Gasteiger partial charge in [-0.3, -0.25) is 0 Å². The van der Waals surface area contributed by atoms with Crippen LogP contribution in [0.1, 0.15) is 12.5 Å². The summed E-state index contributed by atoms with van der Waals surface area (Å²) < 4.78 is 6.83. The van der Waals surface area contributed by atoms with Crippen molar-refractivity contribution in [2.75, 3.05) is 0 Å². The fraction of sp³-hybridized carbons (Fsp3) is 0.125. The quantitative estimate of drug-likeness (QED) is 0.585. The highest BCUT2D eigenvalue weighted by molar-refractivity contribution is 7.19. The summed E-state index contributed by atoms with van der Waals surface area (Å²) in [6.07, 6.45) is 0.946. The third-order valence-electron chi connectivity index (χ3n) is 3.05. The lowest BCUT2D eigenvalue weighted by atomic mass is 10.1. The lowest BCUT2D eigenvalue weighted by molar-refractivity contribution is 0.596. The fourth-order valence-corrected chi connectivity index (χ4v) is 3.14. The Hall–Kier alpha value is -1.51. The average molecular weight is 289 g/mol. The summed E-state index contributed by atoms with van der Waals surface area (Å²) in [5, 5.41) is 0. The third kappa shape index (κ3) is 2.46. The van der Waals surface area contributed by atoms with Crippen LogP contribution in [0.25, 0.3) is 22.0 Å². The summed E-state index contributed by atoms with van der Waals surface area (Å²) in [7, 11) is 0. The topological polar surface area (TPSA) is 13.1 Å². The average Bonchev–Trinajstić information content (AvgIpc) is 3.05. The molecule has 0 saturated carbocycles. The fourth-order valence-electron chi connectivity index (χ4n) is 2.08. The van der Waals surface area contributed by atoms with Crippen molar-refractivity contribution in [3.8, 4) is 22.0 Å². The molecule has 3 heteroatoms. The van der Waals surface area contributed by atoms with Crippen LogP contribution in [0, 0.1) is 0 Å². The molecular weight excluding hydrogens is 276 g/mol. The maximum atomic E-state index is 6.04. The second-order valence-electron chi connectivity index (χ2n) is 4.29. The molecule has 3 rings (SSSR count). The molecule has 0 unspecified atom stereocenters. The van der Waals surface area contributed by atoms with Crippen molar-refractivity contribution in [2.24, 2.45) is 0 Å². The van der Waals surface area contributed by atoms with Gasteiger partial charge in [0.1, 0.15) is 11.5 Å². The van der Waals surface area contributed by atoms with Crippen LogP contribution in [0.5, 0.6) is 0 Å². The van der Waals surface area contributed by atoms with Crippen LogP contribution in [0.3, 0.4) is 0 Å². The Morgan fingerprint density at radius 1 is 1.11 bits per heavy atom. The molecular formula is C16H13ClOS. The number of rotatable bonds is 3. The molecule has 0 atom stereocenters. The van der Waals surface area contributed by atoms with Crippen LogP contribution in [0.15, 0.2) is 52.9 Å². The van der Waals surface area contributed by atoms with Crippen LogP contribution in [-0.4, -0.2) is 0 Å². The van der Waals surface area contributed by atoms with Gasteiger partial charge < -0.3 is 4.42 Å². The Morgan fingerprint density at radius 3 is 2.53 bits per heavy atom. The van der Waals surface area contributed by atoms with Crippen LogP contribution in [0.2, 0.25) is 4.34 Å². The van der Waals surface area contributed by atoms with Crippen LogP contribution in [-0.2, 0) is 6.42 Å². The van der Waals surface area contributed by atoms with Gasteiger partial charge in [0.2, 0.25) is 0 Å². The summed E-state index contributed by atoms with van der Waals surface area (Å²) in [5.41, 5.74) is 2.32. The molecule has 0 amide bonds. The summed E-state index contributed by atoms with van der Waals surface area (Å²) >= 11 is 7.56. The SMILES string of the molecule is CCc1cc(-c2ccccc2)oc1-c1ccc(Cl)s1. The Balaban J connectivity index is 2.09. The highest BCUT2D eigenvalue weighted by atomic mass is 35.5. The van der Waals surface area contributed by atoms with E-state index in [4.69, 9.17) is 16.0 Å². The van der Waals surface area contributed by atoms with E-state index in [0.717, 1.165) is 32.7 Å². The molecule has 96 valence electrons. The second-order valence-corrected chi connectivity index (χ2v) is 6.00. The van der Waals surface area contributed by atoms with Crippen LogP contribution >= 0.6 is 22.9 Å². The van der Waals surface area contributed by atoms with Crippen molar-refractivity contribution < 1.29 is 4.42 Å². The molecule has 2 aromatic heterocycles. The van der Waals surface area contributed by atoms with Gasteiger partial charge in [0.05, 0.1) is 9.21 Å². The van der Waals surface area contributed by atoms with Gasteiger partial charge in [-0.2, -0.15) is 0 Å². The van der Waals surface area contributed by atoms with Gasteiger partial charge in [-0.05, 0) is 30.2 Å². The van der Waals surface area contributed by atoms with E-state index in [0.29, 0.717) is 0 Å². The molecule has 0 spiro atoms. The number of hydrogen-bond acceptors (Lipinski definition) is 2. The normalized spacial score (nSPS) is 10.8. The first-order chi connectivity index (χ1) is 9.28. The molecule has 0 bridgehead atoms. The number of halogens is 1. The van der Waals surface area contributed by atoms with E-state index in [9.17, 15) is 0 Å². The lowest BCUT2D eigenvalue weighted by Crippen LogP contribution is -1.77. The standard InChI is InChI=1S/C16H13ClOS/c1-2-11-10-13(12-6-4-3-5-7-12)18-16(11)14-8-9-15(17)19-14/h3-10H,2H2,1H3. The Bertz CT molecular complexity index is 682. The van der Waals surface area contributed by atoms with E-state index in [1.165, 1.54) is 5.56 Å². The van der Waals surface area contributed by atoms with Crippen molar-refractivity contribution in [3.05, 3.63) is 58.4 Å². The van der Waals surface area contributed by atoms with E-state index in [1.54, 1.807) is 11.3 Å². The molecule has 0 saturated heterocycles. The minimum atomic E-state index is 0.787. The Labute approximate surface area is 121 Å². The summed E-state index contributed by atoms with van der Waals surface area (Å²) in [4.78, 5) is 1.09. The van der Waals surface area contributed by atoms with Gasteiger partial charge in [-0.15, -0.1) is 11.3 Å². The molecule has 0 fully saturated rings. The van der Waals surface area contributed by atoms with Crippen molar-refractivity contribution >= 4 is 22.9 Å². The Morgan fingerprint density at radius 2 is 1.89 bits per heavy atom. The number of furan rings is 1. The van der Waals surface area contributed by atoms with E-state index >= 15 is 0 Å². The monoisotopic (exact) mass is 288 g/mol. The Kier molecular flexibility index (Phi) is 3.45. The summed E-state index contributed by atoms with van der Waals surface area (Å²) in [5.74, 6) is 1.86. The predicted molar refractivity (Wildman–Crippen MR) is 81.8 cm³/mol. The first kappa shape index (κ1) is 12.5. The van der Waals surface area contributed by atoms with Crippen molar-refractivity contribution in [1.29, 1.82) is 0 Å². The molecule has 0 aliphatic carbocycles. The van der Waals surface area contributed by atoms with E-state index < -0.39 is 0 Å². The molecule has 3 aromatic rings. The van der Waals surface area contributed by atoms with Crippen molar-refractivity contribution in [1.82, 2.24) is 0 Å². The zero-order chi connectivity index (χ0) is 13.2. The smallest absolute Gasteiger partial charge is 0.147 e. The second kappa shape index (κ2) is 5.24. The number of thiophene rings is 1. The van der Waals surface area contributed by atoms with Crippen molar-refractivity contribution in [3.63, 3.8) is 0 Å². The van der Waals surface area contributed by atoms with Crippen LogP contribution < -0.4 is 0 Å². The highest BCUT2D eigenvalue weighted by Crippen LogP contribution is 2.37. The molecule has 2 heterocycles. The van der Waals surface area contributed by atoms with Gasteiger partial charge >= 0.3 is 0 Å².